The zero-order valence-corrected chi connectivity index (χ0v) is 15.3. The third-order valence-corrected chi connectivity index (χ3v) is 5.16. The fraction of sp³-hybridized carbons (Fsp3) is 0.182. The maximum Gasteiger partial charge on any atom is 0.230 e. The molecule has 0 bridgehead atoms. The lowest BCUT2D eigenvalue weighted by Gasteiger charge is -2.38. The number of pyridine rings is 1. The van der Waals surface area contributed by atoms with Crippen LogP contribution in [0, 0.1) is 0 Å². The predicted molar refractivity (Wildman–Crippen MR) is 104 cm³/mol. The van der Waals surface area contributed by atoms with E-state index in [0.29, 0.717) is 12.2 Å². The van der Waals surface area contributed by atoms with Gasteiger partial charge in [-0.1, -0.05) is 30.3 Å². The van der Waals surface area contributed by atoms with Gasteiger partial charge in [0.1, 0.15) is 11.4 Å². The second-order valence-corrected chi connectivity index (χ2v) is 6.77. The molecule has 0 amide bonds. The minimum Gasteiger partial charge on any atom is -0.507 e. The molecule has 3 heterocycles. The van der Waals surface area contributed by atoms with Crippen LogP contribution in [-0.2, 0) is 0 Å². The van der Waals surface area contributed by atoms with Gasteiger partial charge in [0, 0.05) is 23.7 Å². The molecule has 0 saturated carbocycles. The summed E-state index contributed by atoms with van der Waals surface area (Å²) in [6, 6.07) is 18.9. The van der Waals surface area contributed by atoms with Crippen LogP contribution in [0.3, 0.4) is 0 Å². The maximum absolute atomic E-state index is 10.3. The van der Waals surface area contributed by atoms with E-state index in [1.807, 2.05) is 59.6 Å². The number of fused-ring (bicyclic) bond motifs is 3. The number of methoxy groups -OCH3 is 1. The second-order valence-electron chi connectivity index (χ2n) is 6.77. The highest BCUT2D eigenvalue weighted by Crippen LogP contribution is 2.50. The highest BCUT2D eigenvalue weighted by molar-refractivity contribution is 6.04. The van der Waals surface area contributed by atoms with Gasteiger partial charge in [0.15, 0.2) is 11.5 Å². The van der Waals surface area contributed by atoms with Crippen LogP contribution < -0.4 is 9.47 Å². The molecule has 6 heteroatoms. The Bertz CT molecular complexity index is 1050. The van der Waals surface area contributed by atoms with Crippen LogP contribution in [0.1, 0.15) is 35.5 Å². The van der Waals surface area contributed by atoms with Gasteiger partial charge in [0.2, 0.25) is 6.23 Å². The van der Waals surface area contributed by atoms with Crippen molar-refractivity contribution < 1.29 is 14.6 Å². The lowest BCUT2D eigenvalue weighted by Crippen LogP contribution is -2.34. The van der Waals surface area contributed by atoms with Crippen molar-refractivity contribution in [2.75, 3.05) is 7.11 Å². The lowest BCUT2D eigenvalue weighted by molar-refractivity contribution is -0.0236. The van der Waals surface area contributed by atoms with Crippen molar-refractivity contribution in [3.63, 3.8) is 0 Å². The summed E-state index contributed by atoms with van der Waals surface area (Å²) in [7, 11) is 1.64. The van der Waals surface area contributed by atoms with E-state index in [1.165, 1.54) is 0 Å². The lowest BCUT2D eigenvalue weighted by atomic mass is 9.95. The van der Waals surface area contributed by atoms with E-state index in [1.54, 1.807) is 19.4 Å². The van der Waals surface area contributed by atoms with Gasteiger partial charge in [0.05, 0.1) is 18.9 Å². The molecule has 2 unspecified atom stereocenters. The molecule has 0 aliphatic carbocycles. The van der Waals surface area contributed by atoms with Crippen molar-refractivity contribution in [1.29, 1.82) is 0 Å². The van der Waals surface area contributed by atoms with E-state index in [4.69, 9.17) is 14.6 Å². The molecule has 2 aliphatic rings. The molecule has 28 heavy (non-hydrogen) atoms. The van der Waals surface area contributed by atoms with Crippen molar-refractivity contribution in [3.05, 3.63) is 83.7 Å². The van der Waals surface area contributed by atoms with E-state index in [-0.39, 0.29) is 11.8 Å². The summed E-state index contributed by atoms with van der Waals surface area (Å²) in [5.74, 6) is 1.63. The first-order valence-corrected chi connectivity index (χ1v) is 9.15. The highest BCUT2D eigenvalue weighted by atomic mass is 16.5. The number of phenols is 1. The largest absolute Gasteiger partial charge is 0.507 e. The summed E-state index contributed by atoms with van der Waals surface area (Å²) in [5, 5.41) is 17.1. The Kier molecular flexibility index (Phi) is 3.90. The van der Waals surface area contributed by atoms with E-state index in [0.717, 1.165) is 28.3 Å². The van der Waals surface area contributed by atoms with Gasteiger partial charge in [-0.2, -0.15) is 5.10 Å². The smallest absolute Gasteiger partial charge is 0.230 e. The molecule has 0 fully saturated rings. The van der Waals surface area contributed by atoms with Gasteiger partial charge in [-0.3, -0.25) is 4.98 Å². The maximum atomic E-state index is 10.3. The molecular formula is C22H19N3O3. The molecule has 3 aromatic rings. The van der Waals surface area contributed by atoms with Crippen molar-refractivity contribution in [1.82, 2.24) is 9.99 Å². The number of aromatic hydroxyl groups is 1. The van der Waals surface area contributed by atoms with E-state index < -0.39 is 6.23 Å². The van der Waals surface area contributed by atoms with Crippen molar-refractivity contribution in [3.8, 4) is 17.2 Å². The first kappa shape index (κ1) is 16.6. The van der Waals surface area contributed by atoms with Crippen LogP contribution in [0.15, 0.2) is 72.0 Å². The fourth-order valence-electron chi connectivity index (χ4n) is 3.84. The topological polar surface area (TPSA) is 67.2 Å². The minimum atomic E-state index is -0.474. The van der Waals surface area contributed by atoms with E-state index in [9.17, 15) is 5.11 Å². The average Bonchev–Trinajstić information content (AvgIpc) is 3.19. The Labute approximate surface area is 162 Å². The van der Waals surface area contributed by atoms with Gasteiger partial charge in [-0.15, -0.1) is 0 Å². The van der Waals surface area contributed by atoms with Crippen LogP contribution in [0.4, 0.5) is 0 Å². The molecule has 1 aromatic heterocycles. The molecule has 0 spiro atoms. The van der Waals surface area contributed by atoms with Crippen molar-refractivity contribution >= 4 is 5.71 Å². The molecule has 0 saturated heterocycles. The SMILES string of the molecule is COc1cccc2c1OC(c1ccccn1)N1N=C(c3ccccc3O)CC21. The van der Waals surface area contributed by atoms with Crippen LogP contribution in [0.2, 0.25) is 0 Å². The molecule has 0 radical (unpaired) electrons. The summed E-state index contributed by atoms with van der Waals surface area (Å²) < 4.78 is 11.9. The molecule has 2 atom stereocenters. The van der Waals surface area contributed by atoms with Crippen LogP contribution in [0.5, 0.6) is 17.2 Å². The number of ether oxygens (including phenoxy) is 2. The molecule has 6 nitrogen and oxygen atoms in total. The Hall–Kier alpha value is -3.54. The Balaban J connectivity index is 1.64. The van der Waals surface area contributed by atoms with Gasteiger partial charge < -0.3 is 14.6 Å². The quantitative estimate of drug-likeness (QED) is 0.751. The molecule has 2 aliphatic heterocycles. The second kappa shape index (κ2) is 6.56. The zero-order valence-electron chi connectivity index (χ0n) is 15.3. The van der Waals surface area contributed by atoms with Crippen LogP contribution in [0.25, 0.3) is 0 Å². The summed E-state index contributed by atoms with van der Waals surface area (Å²) in [6.45, 7) is 0. The number of hydrogen-bond donors (Lipinski definition) is 1. The number of hydrogen-bond acceptors (Lipinski definition) is 6. The summed E-state index contributed by atoms with van der Waals surface area (Å²) in [6.07, 6.45) is 1.93. The first-order chi connectivity index (χ1) is 13.8. The van der Waals surface area contributed by atoms with Gasteiger partial charge in [0.25, 0.3) is 0 Å². The molecule has 1 N–H and O–H groups in total. The van der Waals surface area contributed by atoms with E-state index >= 15 is 0 Å². The number of rotatable bonds is 3. The first-order valence-electron chi connectivity index (χ1n) is 9.15. The van der Waals surface area contributed by atoms with E-state index in [2.05, 4.69) is 4.98 Å². The van der Waals surface area contributed by atoms with Gasteiger partial charge >= 0.3 is 0 Å². The molecule has 140 valence electrons. The average molecular weight is 373 g/mol. The van der Waals surface area contributed by atoms with Gasteiger partial charge in [-0.25, -0.2) is 5.01 Å². The molecule has 2 aromatic carbocycles. The number of nitrogens with zero attached hydrogens (tertiary/aromatic N) is 3. The summed E-state index contributed by atoms with van der Waals surface area (Å²) in [4.78, 5) is 4.48. The monoisotopic (exact) mass is 373 g/mol. The third kappa shape index (κ3) is 2.57. The normalized spacial score (nSPS) is 20.0. The molecular weight excluding hydrogens is 354 g/mol. The Morgan fingerprint density at radius 2 is 1.93 bits per heavy atom. The Morgan fingerprint density at radius 3 is 2.71 bits per heavy atom. The highest BCUT2D eigenvalue weighted by Gasteiger charge is 2.42. The number of benzene rings is 2. The van der Waals surface area contributed by atoms with Crippen LogP contribution >= 0.6 is 0 Å². The minimum absolute atomic E-state index is 0.0273. The zero-order chi connectivity index (χ0) is 19.1. The Morgan fingerprint density at radius 1 is 1.07 bits per heavy atom. The third-order valence-electron chi connectivity index (χ3n) is 5.16. The number of hydrazone groups is 1. The van der Waals surface area contributed by atoms with Gasteiger partial charge in [-0.05, 0) is 30.3 Å². The van der Waals surface area contributed by atoms with Crippen molar-refractivity contribution in [2.24, 2.45) is 5.10 Å². The van der Waals surface area contributed by atoms with Crippen LogP contribution in [-0.4, -0.2) is 27.9 Å². The fourth-order valence-corrected chi connectivity index (χ4v) is 3.84. The predicted octanol–water partition coefficient (Wildman–Crippen LogP) is 4.04. The summed E-state index contributed by atoms with van der Waals surface area (Å²) >= 11 is 0. The molecule has 5 rings (SSSR count). The number of aromatic nitrogens is 1. The summed E-state index contributed by atoms with van der Waals surface area (Å²) in [5.41, 5.74) is 3.34. The number of para-hydroxylation sites is 2. The number of phenolic OH excluding ortho intramolecular Hbond substituents is 1. The standard InChI is InChI=1S/C22H19N3O3/c1-27-20-11-6-8-15-18-13-17(14-7-2-3-10-19(14)26)24-25(18)22(28-21(15)20)16-9-4-5-12-23-16/h2-12,18,22,26H,13H2,1H3. The van der Waals surface area contributed by atoms with Crippen molar-refractivity contribution in [2.45, 2.75) is 18.7 Å².